The van der Waals surface area contributed by atoms with Crippen LogP contribution in [0.15, 0.2) is 0 Å². The van der Waals surface area contributed by atoms with Crippen molar-refractivity contribution in [3.63, 3.8) is 0 Å². The number of nitrogens with one attached hydrogen (secondary N) is 1. The van der Waals surface area contributed by atoms with E-state index < -0.39 is 30.1 Å². The first-order chi connectivity index (χ1) is 7.29. The van der Waals surface area contributed by atoms with E-state index in [4.69, 9.17) is 5.11 Å². The van der Waals surface area contributed by atoms with Crippen molar-refractivity contribution in [2.75, 3.05) is 13.1 Å². The van der Waals surface area contributed by atoms with Crippen LogP contribution in [0.3, 0.4) is 0 Å². The smallest absolute Gasteiger partial charge is 0.481 e. The molecule has 0 amide bonds. The van der Waals surface area contributed by atoms with Gasteiger partial charge in [0.25, 0.3) is 0 Å². The molecule has 1 heterocycles. The van der Waals surface area contributed by atoms with Gasteiger partial charge in [0.2, 0.25) is 0 Å². The van der Waals surface area contributed by atoms with Crippen LogP contribution < -0.4 is 5.32 Å². The van der Waals surface area contributed by atoms with Crippen molar-refractivity contribution in [3.8, 4) is 0 Å². The van der Waals surface area contributed by atoms with Gasteiger partial charge in [0.15, 0.2) is 0 Å². The van der Waals surface area contributed by atoms with Crippen LogP contribution in [0.1, 0.15) is 6.42 Å². The summed E-state index contributed by atoms with van der Waals surface area (Å²) in [6, 6.07) is 0. The van der Waals surface area contributed by atoms with Crippen LogP contribution in [0.2, 0.25) is 0 Å². The van der Waals surface area contributed by atoms with Crippen LogP contribution in [0.25, 0.3) is 0 Å². The van der Waals surface area contributed by atoms with Crippen molar-refractivity contribution in [3.05, 3.63) is 0 Å². The van der Waals surface area contributed by atoms with Crippen molar-refractivity contribution in [2.45, 2.75) is 12.8 Å². The number of carboxylic acids is 1. The Balaban J connectivity index is 2.54. The quantitative estimate of drug-likeness (QED) is 0.683. The van der Waals surface area contributed by atoms with Crippen molar-refractivity contribution in [2.24, 2.45) is 11.8 Å². The molecule has 1 aliphatic heterocycles. The number of esters is 1. The van der Waals surface area contributed by atoms with E-state index in [1.54, 1.807) is 0 Å². The molecule has 0 aromatic rings. The van der Waals surface area contributed by atoms with E-state index in [0.29, 0.717) is 0 Å². The van der Waals surface area contributed by atoms with Gasteiger partial charge in [-0.25, -0.2) is 0 Å². The minimum Gasteiger partial charge on any atom is -0.481 e. The molecule has 0 saturated carbocycles. The summed E-state index contributed by atoms with van der Waals surface area (Å²) >= 11 is 0. The lowest BCUT2D eigenvalue weighted by Crippen LogP contribution is -2.44. The number of alkyl halides is 3. The molecule has 0 aromatic carbocycles. The Bertz CT molecular complexity index is 291. The van der Waals surface area contributed by atoms with Crippen LogP contribution in [0.5, 0.6) is 0 Å². The average molecular weight is 241 g/mol. The van der Waals surface area contributed by atoms with E-state index in [2.05, 4.69) is 10.1 Å². The molecule has 0 aromatic heterocycles. The van der Waals surface area contributed by atoms with Gasteiger partial charge in [0.1, 0.15) is 0 Å². The highest BCUT2D eigenvalue weighted by atomic mass is 19.4. The fourth-order valence-electron chi connectivity index (χ4n) is 1.51. The fraction of sp³-hybridized carbons (Fsp3) is 0.750. The van der Waals surface area contributed by atoms with E-state index >= 15 is 0 Å². The van der Waals surface area contributed by atoms with Gasteiger partial charge < -0.3 is 15.2 Å². The number of ether oxygens (including phenoxy) is 1. The van der Waals surface area contributed by atoms with Crippen molar-refractivity contribution >= 4 is 11.9 Å². The zero-order chi connectivity index (χ0) is 12.3. The summed E-state index contributed by atoms with van der Waals surface area (Å²) in [5.41, 5.74) is 0. The summed E-state index contributed by atoms with van der Waals surface area (Å²) in [7, 11) is 0. The molecule has 1 fully saturated rings. The molecule has 0 radical (unpaired) electrons. The fourth-order valence-corrected chi connectivity index (χ4v) is 1.51. The molecule has 2 atom stereocenters. The molecule has 1 saturated heterocycles. The average Bonchev–Trinajstić information content (AvgIpc) is 2.15. The second-order valence-corrected chi connectivity index (χ2v) is 3.49. The Labute approximate surface area is 88.6 Å². The highest BCUT2D eigenvalue weighted by Crippen LogP contribution is 2.23. The maximum Gasteiger partial charge on any atom is 0.575 e. The SMILES string of the molecule is O=C(O)C1CNCC(C(=O)OC(F)(F)F)C1. The van der Waals surface area contributed by atoms with Gasteiger partial charge in [-0.1, -0.05) is 0 Å². The summed E-state index contributed by atoms with van der Waals surface area (Å²) in [5, 5.41) is 11.2. The highest BCUT2D eigenvalue weighted by Gasteiger charge is 2.39. The molecule has 1 aliphatic rings. The molecule has 92 valence electrons. The number of carbonyl (C=O) groups excluding carboxylic acids is 1. The first-order valence-corrected chi connectivity index (χ1v) is 4.52. The first-order valence-electron chi connectivity index (χ1n) is 4.52. The Morgan fingerprint density at radius 3 is 2.31 bits per heavy atom. The van der Waals surface area contributed by atoms with Crippen LogP contribution in [0, 0.1) is 11.8 Å². The molecule has 8 heteroatoms. The summed E-state index contributed by atoms with van der Waals surface area (Å²) in [6.45, 7) is 0.143. The molecule has 0 aliphatic carbocycles. The zero-order valence-corrected chi connectivity index (χ0v) is 8.08. The third-order valence-electron chi connectivity index (χ3n) is 2.25. The van der Waals surface area contributed by atoms with Crippen LogP contribution >= 0.6 is 0 Å². The van der Waals surface area contributed by atoms with Crippen molar-refractivity contribution in [1.29, 1.82) is 0 Å². The Morgan fingerprint density at radius 2 is 1.81 bits per heavy atom. The van der Waals surface area contributed by atoms with Crippen LogP contribution in [-0.2, 0) is 14.3 Å². The number of aliphatic carboxylic acids is 1. The molecule has 2 N–H and O–H groups in total. The number of hydrogen-bond donors (Lipinski definition) is 2. The van der Waals surface area contributed by atoms with Crippen LogP contribution in [-0.4, -0.2) is 36.5 Å². The lowest BCUT2D eigenvalue weighted by Gasteiger charge is -2.26. The van der Waals surface area contributed by atoms with E-state index in [1.807, 2.05) is 0 Å². The number of piperidine rings is 1. The maximum absolute atomic E-state index is 11.7. The van der Waals surface area contributed by atoms with Gasteiger partial charge >= 0.3 is 18.3 Å². The molecule has 0 bridgehead atoms. The summed E-state index contributed by atoms with van der Waals surface area (Å²) < 4.78 is 38.4. The van der Waals surface area contributed by atoms with E-state index in [0.717, 1.165) is 0 Å². The van der Waals surface area contributed by atoms with Gasteiger partial charge in [-0.05, 0) is 6.42 Å². The lowest BCUT2D eigenvalue weighted by molar-refractivity contribution is -0.308. The molecule has 2 unspecified atom stereocenters. The number of hydrogen-bond acceptors (Lipinski definition) is 4. The van der Waals surface area contributed by atoms with Crippen LogP contribution in [0.4, 0.5) is 13.2 Å². The minimum atomic E-state index is -5.02. The molecule has 16 heavy (non-hydrogen) atoms. The molecular formula is C8H10F3NO4. The molecule has 0 spiro atoms. The molecular weight excluding hydrogens is 231 g/mol. The Kier molecular flexibility index (Phi) is 3.74. The summed E-state index contributed by atoms with van der Waals surface area (Å²) in [4.78, 5) is 21.6. The zero-order valence-electron chi connectivity index (χ0n) is 8.08. The van der Waals surface area contributed by atoms with E-state index in [-0.39, 0.29) is 19.5 Å². The topological polar surface area (TPSA) is 75.6 Å². The predicted molar refractivity (Wildman–Crippen MR) is 44.2 cm³/mol. The van der Waals surface area contributed by atoms with E-state index in [1.165, 1.54) is 0 Å². The number of carboxylic acid groups (broad SMARTS) is 1. The highest BCUT2D eigenvalue weighted by molar-refractivity contribution is 5.76. The van der Waals surface area contributed by atoms with Crippen molar-refractivity contribution in [1.82, 2.24) is 5.32 Å². The van der Waals surface area contributed by atoms with Gasteiger partial charge in [0, 0.05) is 13.1 Å². The first kappa shape index (κ1) is 12.8. The predicted octanol–water partition coefficient (Wildman–Crippen LogP) is 0.360. The van der Waals surface area contributed by atoms with Gasteiger partial charge in [-0.3, -0.25) is 9.59 Å². The third-order valence-corrected chi connectivity index (χ3v) is 2.25. The largest absolute Gasteiger partial charge is 0.575 e. The number of halogens is 3. The number of carbonyl (C=O) groups is 2. The summed E-state index contributed by atoms with van der Waals surface area (Å²) in [6.07, 6.45) is -5.16. The maximum atomic E-state index is 11.7. The monoisotopic (exact) mass is 241 g/mol. The minimum absolute atomic E-state index is 0.00130. The van der Waals surface area contributed by atoms with Gasteiger partial charge in [-0.2, -0.15) is 0 Å². The lowest BCUT2D eigenvalue weighted by atomic mass is 9.91. The van der Waals surface area contributed by atoms with E-state index in [9.17, 15) is 22.8 Å². The van der Waals surface area contributed by atoms with Gasteiger partial charge in [0.05, 0.1) is 11.8 Å². The number of rotatable bonds is 2. The Hall–Kier alpha value is -1.31. The van der Waals surface area contributed by atoms with Crippen molar-refractivity contribution < 1.29 is 32.6 Å². The Morgan fingerprint density at radius 1 is 1.25 bits per heavy atom. The normalized spacial score (nSPS) is 26.2. The third kappa shape index (κ3) is 3.69. The second kappa shape index (κ2) is 4.69. The van der Waals surface area contributed by atoms with Gasteiger partial charge in [-0.15, -0.1) is 13.2 Å². The standard InChI is InChI=1S/C8H10F3NO4/c9-8(10,11)16-7(15)5-1-4(6(13)14)2-12-3-5/h4-5,12H,1-3H2,(H,13,14). The second-order valence-electron chi connectivity index (χ2n) is 3.49. The molecule has 1 rings (SSSR count). The molecule has 5 nitrogen and oxygen atoms in total. The summed E-state index contributed by atoms with van der Waals surface area (Å²) in [5.74, 6) is -4.51.